The van der Waals surface area contributed by atoms with Gasteiger partial charge in [-0.25, -0.2) is 0 Å². The average molecular weight is 628 g/mol. The molecule has 2 aromatic carbocycles. The summed E-state index contributed by atoms with van der Waals surface area (Å²) in [6.07, 6.45) is 8.73. The van der Waals surface area contributed by atoms with Crippen LogP contribution >= 0.6 is 0 Å². The van der Waals surface area contributed by atoms with E-state index in [-0.39, 0.29) is 25.5 Å². The van der Waals surface area contributed by atoms with Gasteiger partial charge in [-0.2, -0.15) is 0 Å². The Morgan fingerprint density at radius 3 is 2.46 bits per heavy atom. The van der Waals surface area contributed by atoms with Crippen LogP contribution in [0.25, 0.3) is 0 Å². The Kier molecular flexibility index (Phi) is 9.37. The van der Waals surface area contributed by atoms with E-state index in [2.05, 4.69) is 5.32 Å². The SMILES string of the molecule is CCCCN1C/C=C\CCC(=O)OC[C@@H](c2ccccc2)NC(=O)[C@@H]2[C@@H]3C=C[C@]4(O3)[C@H](C1=O)N([C@H](CO)c1ccccc1)C(=O)[C@@H]24. The smallest absolute Gasteiger partial charge is 0.306 e. The fourth-order valence-corrected chi connectivity index (χ4v) is 7.31. The number of aliphatic hydroxyl groups is 1. The van der Waals surface area contributed by atoms with Gasteiger partial charge >= 0.3 is 5.97 Å². The first-order valence-corrected chi connectivity index (χ1v) is 16.2. The third-order valence-electron chi connectivity index (χ3n) is 9.57. The predicted molar refractivity (Wildman–Crippen MR) is 169 cm³/mol. The lowest BCUT2D eigenvalue weighted by Gasteiger charge is -2.39. The van der Waals surface area contributed by atoms with E-state index >= 15 is 0 Å². The number of fused-ring (bicyclic) bond motifs is 2. The number of carbonyl (C=O) groups is 4. The van der Waals surface area contributed by atoms with Gasteiger partial charge in [0.1, 0.15) is 18.2 Å². The molecule has 10 heteroatoms. The van der Waals surface area contributed by atoms with E-state index in [1.807, 2.05) is 79.7 Å². The van der Waals surface area contributed by atoms with Crippen molar-refractivity contribution in [3.05, 3.63) is 96.1 Å². The Bertz CT molecular complexity index is 1500. The maximum absolute atomic E-state index is 14.7. The first-order chi connectivity index (χ1) is 22.4. The van der Waals surface area contributed by atoms with Gasteiger partial charge in [0.2, 0.25) is 17.7 Å². The zero-order chi connectivity index (χ0) is 32.3. The third kappa shape index (κ3) is 5.76. The molecule has 0 aromatic heterocycles. The van der Waals surface area contributed by atoms with Crippen molar-refractivity contribution in [2.45, 2.75) is 62.4 Å². The van der Waals surface area contributed by atoms with Crippen molar-refractivity contribution in [3.8, 4) is 0 Å². The molecule has 4 aliphatic heterocycles. The first-order valence-electron chi connectivity index (χ1n) is 16.2. The highest BCUT2D eigenvalue weighted by molar-refractivity contribution is 6.00. The lowest BCUT2D eigenvalue weighted by Crippen LogP contribution is -2.57. The number of nitrogens with one attached hydrogen (secondary N) is 1. The normalized spacial score (nSPS) is 31.0. The van der Waals surface area contributed by atoms with Gasteiger partial charge in [0.15, 0.2) is 0 Å². The molecule has 3 amide bonds. The van der Waals surface area contributed by atoms with Crippen molar-refractivity contribution in [3.63, 3.8) is 0 Å². The third-order valence-corrected chi connectivity index (χ3v) is 9.57. The second-order valence-electron chi connectivity index (χ2n) is 12.4. The number of benzene rings is 2. The van der Waals surface area contributed by atoms with Crippen molar-refractivity contribution in [2.24, 2.45) is 11.8 Å². The highest BCUT2D eigenvalue weighted by atomic mass is 16.5. The van der Waals surface area contributed by atoms with Gasteiger partial charge < -0.3 is 29.7 Å². The summed E-state index contributed by atoms with van der Waals surface area (Å²) in [6, 6.07) is 15.8. The summed E-state index contributed by atoms with van der Waals surface area (Å²) >= 11 is 0. The number of allylic oxidation sites excluding steroid dienone is 1. The molecule has 0 radical (unpaired) electrons. The molecule has 10 nitrogen and oxygen atoms in total. The molecule has 4 aliphatic rings. The quantitative estimate of drug-likeness (QED) is 0.357. The molecule has 2 fully saturated rings. The largest absolute Gasteiger partial charge is 0.463 e. The summed E-state index contributed by atoms with van der Waals surface area (Å²) < 4.78 is 12.2. The zero-order valence-electron chi connectivity index (χ0n) is 26.0. The summed E-state index contributed by atoms with van der Waals surface area (Å²) in [5.74, 6) is -3.47. The number of esters is 1. The average Bonchev–Trinajstić information content (AvgIpc) is 3.72. The highest BCUT2D eigenvalue weighted by Gasteiger charge is 2.74. The van der Waals surface area contributed by atoms with E-state index < -0.39 is 66.1 Å². The predicted octanol–water partition coefficient (Wildman–Crippen LogP) is 3.25. The van der Waals surface area contributed by atoms with Crippen LogP contribution in [0, 0.1) is 11.8 Å². The molecule has 5 bridgehead atoms. The molecule has 2 N–H and O–H groups in total. The molecule has 6 rings (SSSR count). The number of nitrogens with zero attached hydrogens (tertiary/aromatic N) is 2. The van der Waals surface area contributed by atoms with Crippen LogP contribution in [-0.4, -0.2) is 82.6 Å². The topological polar surface area (TPSA) is 125 Å². The summed E-state index contributed by atoms with van der Waals surface area (Å²) in [4.78, 5) is 59.4. The van der Waals surface area contributed by atoms with E-state index in [0.29, 0.717) is 18.5 Å². The second-order valence-corrected chi connectivity index (χ2v) is 12.4. The van der Waals surface area contributed by atoms with Gasteiger partial charge in [0.25, 0.3) is 0 Å². The number of cyclic esters (lactones) is 1. The van der Waals surface area contributed by atoms with E-state index in [1.165, 1.54) is 4.90 Å². The molecular formula is C36H41N3O7. The molecule has 7 atom stereocenters. The maximum Gasteiger partial charge on any atom is 0.306 e. The molecule has 4 heterocycles. The number of aliphatic hydroxyl groups excluding tert-OH is 1. The van der Waals surface area contributed by atoms with Crippen molar-refractivity contribution in [2.75, 3.05) is 26.3 Å². The number of hydrogen-bond acceptors (Lipinski definition) is 7. The lowest BCUT2D eigenvalue weighted by atomic mass is 9.74. The molecule has 2 saturated heterocycles. The van der Waals surface area contributed by atoms with Gasteiger partial charge in [-0.3, -0.25) is 19.2 Å². The highest BCUT2D eigenvalue weighted by Crippen LogP contribution is 2.57. The van der Waals surface area contributed by atoms with Crippen LogP contribution in [0.2, 0.25) is 0 Å². The van der Waals surface area contributed by atoms with Gasteiger partial charge in [-0.1, -0.05) is 98.3 Å². The van der Waals surface area contributed by atoms with Crippen LogP contribution in [0.4, 0.5) is 0 Å². The number of ether oxygens (including phenoxy) is 2. The summed E-state index contributed by atoms with van der Waals surface area (Å²) in [7, 11) is 0. The first kappa shape index (κ1) is 31.7. The minimum absolute atomic E-state index is 0.0746. The molecule has 46 heavy (non-hydrogen) atoms. The Labute approximate surface area is 269 Å². The fraction of sp³-hybridized carbons (Fsp3) is 0.444. The molecule has 2 aromatic rings. The molecule has 0 saturated carbocycles. The van der Waals surface area contributed by atoms with Gasteiger partial charge in [0.05, 0.1) is 36.6 Å². The Morgan fingerprint density at radius 1 is 1.00 bits per heavy atom. The van der Waals surface area contributed by atoms with Crippen molar-refractivity contribution >= 4 is 23.7 Å². The number of unbranched alkanes of at least 4 members (excludes halogenated alkanes) is 1. The van der Waals surface area contributed by atoms with Crippen LogP contribution in [0.3, 0.4) is 0 Å². The van der Waals surface area contributed by atoms with Crippen molar-refractivity contribution < 1.29 is 33.8 Å². The van der Waals surface area contributed by atoms with E-state index in [4.69, 9.17) is 9.47 Å². The van der Waals surface area contributed by atoms with Crippen LogP contribution in [-0.2, 0) is 28.7 Å². The fourth-order valence-electron chi connectivity index (χ4n) is 7.31. The summed E-state index contributed by atoms with van der Waals surface area (Å²) in [5, 5.41) is 13.8. The van der Waals surface area contributed by atoms with Crippen LogP contribution in [0.15, 0.2) is 85.0 Å². The van der Waals surface area contributed by atoms with Gasteiger partial charge in [0, 0.05) is 19.5 Å². The van der Waals surface area contributed by atoms with Crippen molar-refractivity contribution in [1.29, 1.82) is 0 Å². The minimum atomic E-state index is -1.39. The summed E-state index contributed by atoms with van der Waals surface area (Å²) in [5.41, 5.74) is 0.0410. The van der Waals surface area contributed by atoms with Crippen LogP contribution < -0.4 is 5.32 Å². The van der Waals surface area contributed by atoms with Crippen molar-refractivity contribution in [1.82, 2.24) is 15.1 Å². The van der Waals surface area contributed by atoms with E-state index in [0.717, 1.165) is 18.4 Å². The standard InChI is InChI=1S/C36H41N3O7/c1-2-3-20-38-21-12-6-11-17-29(41)45-23-26(24-13-7-4-8-14-24)37-33(42)30-28-18-19-36(46-28)31(30)34(43)39(32(36)35(38)44)27(22-40)25-15-9-5-10-16-25/h4-10,12-16,18-19,26-28,30-32,40H,2-3,11,17,20-23H2,1H3,(H,37,42)/b12-6-/t26-,27+,28-,30+,31+,32-,36+/m0/s1. The molecular weight excluding hydrogens is 586 g/mol. The number of carbonyl (C=O) groups excluding carboxylic acids is 4. The van der Waals surface area contributed by atoms with E-state index in [9.17, 15) is 24.3 Å². The number of amides is 3. The Morgan fingerprint density at radius 2 is 1.74 bits per heavy atom. The second kappa shape index (κ2) is 13.6. The number of rotatable bonds is 7. The van der Waals surface area contributed by atoms with Crippen LogP contribution in [0.1, 0.15) is 55.8 Å². The maximum atomic E-state index is 14.7. The molecule has 0 unspecified atom stereocenters. The lowest BCUT2D eigenvalue weighted by molar-refractivity contribution is -0.150. The monoisotopic (exact) mass is 627 g/mol. The molecule has 242 valence electrons. The molecule has 1 spiro atoms. The zero-order valence-corrected chi connectivity index (χ0v) is 26.0. The Balaban J connectivity index is 1.44. The van der Waals surface area contributed by atoms with Crippen LogP contribution in [0.5, 0.6) is 0 Å². The molecule has 0 aliphatic carbocycles. The van der Waals surface area contributed by atoms with Gasteiger partial charge in [-0.15, -0.1) is 0 Å². The number of likely N-dealkylation sites (tertiary alicyclic amines) is 1. The summed E-state index contributed by atoms with van der Waals surface area (Å²) in [6.45, 7) is 2.28. The Hall–Kier alpha value is -4.28. The van der Waals surface area contributed by atoms with E-state index in [1.54, 1.807) is 17.1 Å². The number of hydrogen-bond donors (Lipinski definition) is 2. The minimum Gasteiger partial charge on any atom is -0.463 e. The van der Waals surface area contributed by atoms with Gasteiger partial charge in [-0.05, 0) is 24.0 Å².